The summed E-state index contributed by atoms with van der Waals surface area (Å²) in [7, 11) is 0. The van der Waals surface area contributed by atoms with Gasteiger partial charge in [0.15, 0.2) is 0 Å². The molecule has 0 aromatic heterocycles. The first-order valence-corrected chi connectivity index (χ1v) is 7.17. The van der Waals surface area contributed by atoms with Crippen LogP contribution in [0.25, 0.3) is 0 Å². The Hall–Kier alpha value is -0.660. The minimum atomic E-state index is 0.152. The smallest absolute Gasteiger partial charge is 0.0716 e. The van der Waals surface area contributed by atoms with Crippen molar-refractivity contribution in [3.63, 3.8) is 0 Å². The summed E-state index contributed by atoms with van der Waals surface area (Å²) >= 11 is 0. The van der Waals surface area contributed by atoms with Crippen LogP contribution >= 0.6 is 0 Å². The molecule has 0 amide bonds. The van der Waals surface area contributed by atoms with E-state index in [0.717, 1.165) is 12.8 Å². The standard InChI is InChI=1S/C16H32N2/c1-9-13(17-11-15(3,4)5)14(10-2)18-12-16(6,7)8/h11-14H,9-10H2,1-8H3/b17-11+,18-12+. The maximum Gasteiger partial charge on any atom is 0.0716 e. The fourth-order valence-electron chi connectivity index (χ4n) is 1.59. The summed E-state index contributed by atoms with van der Waals surface area (Å²) in [4.78, 5) is 9.49. The molecule has 2 nitrogen and oxygen atoms in total. The van der Waals surface area contributed by atoms with Crippen molar-refractivity contribution in [1.29, 1.82) is 0 Å². The second-order valence-corrected chi connectivity index (χ2v) is 7.24. The van der Waals surface area contributed by atoms with Gasteiger partial charge >= 0.3 is 0 Å². The average Bonchev–Trinajstić information content (AvgIpc) is 2.20. The molecule has 0 saturated heterocycles. The van der Waals surface area contributed by atoms with Crippen LogP contribution in [0.1, 0.15) is 68.2 Å². The summed E-state index contributed by atoms with van der Waals surface area (Å²) in [6.45, 7) is 17.5. The van der Waals surface area contributed by atoms with Gasteiger partial charge in [0, 0.05) is 12.4 Å². The molecule has 0 saturated carbocycles. The second kappa shape index (κ2) is 7.06. The van der Waals surface area contributed by atoms with Gasteiger partial charge in [-0.05, 0) is 23.7 Å². The van der Waals surface area contributed by atoms with Crippen molar-refractivity contribution in [2.75, 3.05) is 0 Å². The summed E-state index contributed by atoms with van der Waals surface area (Å²) in [6.07, 6.45) is 6.26. The van der Waals surface area contributed by atoms with Crippen LogP contribution in [0, 0.1) is 10.8 Å². The van der Waals surface area contributed by atoms with Crippen molar-refractivity contribution in [3.05, 3.63) is 0 Å². The van der Waals surface area contributed by atoms with Crippen LogP contribution in [-0.4, -0.2) is 24.5 Å². The molecule has 0 spiro atoms. The lowest BCUT2D eigenvalue weighted by Crippen LogP contribution is -2.24. The maximum atomic E-state index is 4.75. The second-order valence-electron chi connectivity index (χ2n) is 7.24. The molecule has 0 N–H and O–H groups in total. The molecule has 0 heterocycles. The monoisotopic (exact) mass is 252 g/mol. The Morgan fingerprint density at radius 1 is 0.722 bits per heavy atom. The summed E-state index contributed by atoms with van der Waals surface area (Å²) in [6, 6.07) is 0.626. The topological polar surface area (TPSA) is 24.7 Å². The zero-order valence-corrected chi connectivity index (χ0v) is 13.6. The third-order valence-electron chi connectivity index (χ3n) is 2.59. The number of nitrogens with zero attached hydrogens (tertiary/aromatic N) is 2. The predicted octanol–water partition coefficient (Wildman–Crippen LogP) is 4.78. The summed E-state index contributed by atoms with van der Waals surface area (Å²) in [5.74, 6) is 0. The van der Waals surface area contributed by atoms with Crippen molar-refractivity contribution in [2.24, 2.45) is 20.8 Å². The van der Waals surface area contributed by atoms with Gasteiger partial charge in [-0.15, -0.1) is 0 Å². The molecule has 2 atom stereocenters. The van der Waals surface area contributed by atoms with E-state index in [0.29, 0.717) is 12.1 Å². The SMILES string of the molecule is CCC(/N=C/C(C)(C)C)C(CC)/N=C/C(C)(C)C. The van der Waals surface area contributed by atoms with E-state index < -0.39 is 0 Å². The lowest BCUT2D eigenvalue weighted by molar-refractivity contribution is 0.491. The molecule has 0 aliphatic carbocycles. The number of hydrogen-bond donors (Lipinski definition) is 0. The lowest BCUT2D eigenvalue weighted by Gasteiger charge is -2.21. The molecule has 0 rings (SSSR count). The Morgan fingerprint density at radius 3 is 1.17 bits per heavy atom. The molecular weight excluding hydrogens is 220 g/mol. The third kappa shape index (κ3) is 8.43. The molecule has 0 aliphatic rings. The molecule has 0 aliphatic heterocycles. The van der Waals surface area contributed by atoms with Crippen molar-refractivity contribution >= 4 is 12.4 Å². The first-order chi connectivity index (χ1) is 8.09. The van der Waals surface area contributed by atoms with E-state index in [-0.39, 0.29) is 10.8 Å². The Balaban J connectivity index is 4.79. The largest absolute Gasteiger partial charge is 0.291 e. The summed E-state index contributed by atoms with van der Waals surface area (Å²) < 4.78 is 0. The minimum absolute atomic E-state index is 0.152. The van der Waals surface area contributed by atoms with Gasteiger partial charge in [-0.25, -0.2) is 0 Å². The first kappa shape index (κ1) is 17.3. The van der Waals surface area contributed by atoms with Gasteiger partial charge in [0.25, 0.3) is 0 Å². The number of rotatable bonds is 5. The quantitative estimate of drug-likeness (QED) is 0.629. The summed E-state index contributed by atoms with van der Waals surface area (Å²) in [5.41, 5.74) is 0.304. The van der Waals surface area contributed by atoms with E-state index in [1.807, 2.05) is 0 Å². The fourth-order valence-corrected chi connectivity index (χ4v) is 1.59. The van der Waals surface area contributed by atoms with Crippen molar-refractivity contribution in [3.8, 4) is 0 Å². The molecule has 2 unspecified atom stereocenters. The molecule has 0 fully saturated rings. The van der Waals surface area contributed by atoms with Crippen LogP contribution in [0.4, 0.5) is 0 Å². The van der Waals surface area contributed by atoms with Gasteiger partial charge in [-0.3, -0.25) is 9.98 Å². The Labute approximate surface area is 114 Å². The van der Waals surface area contributed by atoms with Crippen LogP contribution in [0.3, 0.4) is 0 Å². The van der Waals surface area contributed by atoms with Crippen molar-refractivity contribution < 1.29 is 0 Å². The molecule has 0 bridgehead atoms. The van der Waals surface area contributed by atoms with Crippen molar-refractivity contribution in [1.82, 2.24) is 0 Å². The van der Waals surface area contributed by atoms with E-state index in [2.05, 4.69) is 67.8 Å². The Bertz CT molecular complexity index is 246. The Kier molecular flexibility index (Phi) is 6.80. The van der Waals surface area contributed by atoms with E-state index in [1.54, 1.807) is 0 Å². The fraction of sp³-hybridized carbons (Fsp3) is 0.875. The van der Waals surface area contributed by atoms with Crippen molar-refractivity contribution in [2.45, 2.75) is 80.3 Å². The van der Waals surface area contributed by atoms with Gasteiger partial charge in [-0.1, -0.05) is 55.4 Å². The van der Waals surface area contributed by atoms with E-state index in [9.17, 15) is 0 Å². The molecule has 0 aromatic carbocycles. The minimum Gasteiger partial charge on any atom is -0.291 e. The van der Waals surface area contributed by atoms with Crippen LogP contribution in [0.5, 0.6) is 0 Å². The summed E-state index contributed by atoms with van der Waals surface area (Å²) in [5, 5.41) is 0. The van der Waals surface area contributed by atoms with Crippen LogP contribution in [0.2, 0.25) is 0 Å². The maximum absolute atomic E-state index is 4.75. The van der Waals surface area contributed by atoms with Gasteiger partial charge < -0.3 is 0 Å². The first-order valence-electron chi connectivity index (χ1n) is 7.17. The molecule has 18 heavy (non-hydrogen) atoms. The van der Waals surface area contributed by atoms with Gasteiger partial charge in [0.1, 0.15) is 0 Å². The average molecular weight is 252 g/mol. The van der Waals surface area contributed by atoms with Crippen LogP contribution in [0.15, 0.2) is 9.98 Å². The van der Waals surface area contributed by atoms with E-state index in [4.69, 9.17) is 9.98 Å². The molecule has 0 radical (unpaired) electrons. The van der Waals surface area contributed by atoms with Gasteiger partial charge in [0.05, 0.1) is 12.1 Å². The highest BCUT2D eigenvalue weighted by molar-refractivity contribution is 5.65. The molecular formula is C16H32N2. The number of hydrogen-bond acceptors (Lipinski definition) is 2. The van der Waals surface area contributed by atoms with Crippen LogP contribution < -0.4 is 0 Å². The number of aliphatic imine (C=N–C) groups is 2. The lowest BCUT2D eigenvalue weighted by atomic mass is 9.97. The highest BCUT2D eigenvalue weighted by atomic mass is 14.9. The highest BCUT2D eigenvalue weighted by Gasteiger charge is 2.18. The molecule has 2 heteroatoms. The third-order valence-corrected chi connectivity index (χ3v) is 2.59. The Morgan fingerprint density at radius 2 is 1.00 bits per heavy atom. The highest BCUT2D eigenvalue weighted by Crippen LogP contribution is 2.17. The van der Waals surface area contributed by atoms with Gasteiger partial charge in [-0.2, -0.15) is 0 Å². The molecule has 106 valence electrons. The van der Waals surface area contributed by atoms with E-state index in [1.165, 1.54) is 0 Å². The van der Waals surface area contributed by atoms with Gasteiger partial charge in [0.2, 0.25) is 0 Å². The normalized spacial score (nSPS) is 17.6. The predicted molar refractivity (Wildman–Crippen MR) is 84.1 cm³/mol. The van der Waals surface area contributed by atoms with Crippen LogP contribution in [-0.2, 0) is 0 Å². The van der Waals surface area contributed by atoms with E-state index >= 15 is 0 Å². The molecule has 0 aromatic rings. The zero-order chi connectivity index (χ0) is 14.4. The zero-order valence-electron chi connectivity index (χ0n) is 13.6.